The van der Waals surface area contributed by atoms with Gasteiger partial charge in [0, 0.05) is 8.41 Å². The predicted molar refractivity (Wildman–Crippen MR) is 33.0 cm³/mol. The van der Waals surface area contributed by atoms with Crippen molar-refractivity contribution in [2.24, 2.45) is 5.73 Å². The smallest absolute Gasteiger partial charge is 0.323 e. The summed E-state index contributed by atoms with van der Waals surface area (Å²) in [5.74, 6) is -1.18. The lowest BCUT2D eigenvalue weighted by Gasteiger charge is -2.06. The van der Waals surface area contributed by atoms with Gasteiger partial charge in [-0.1, -0.05) is 0 Å². The summed E-state index contributed by atoms with van der Waals surface area (Å²) in [6.07, 6.45) is -0.979. The Bertz CT molecular complexity index is 95.8. The van der Waals surface area contributed by atoms with Gasteiger partial charge in [0.25, 0.3) is 0 Å². The molecular weight excluding hydrogens is 121 g/mol. The average molecular weight is 130 g/mol. The van der Waals surface area contributed by atoms with Gasteiger partial charge in [-0.05, 0) is 6.92 Å². The average Bonchev–Trinajstić information content (AvgIpc) is 1.64. The van der Waals surface area contributed by atoms with Crippen LogP contribution in [0.2, 0.25) is 0 Å². The van der Waals surface area contributed by atoms with Crippen LogP contribution in [-0.4, -0.2) is 36.7 Å². The molecular formula is C4H9BNO3. The minimum atomic E-state index is -1.18. The van der Waals surface area contributed by atoms with Gasteiger partial charge in [-0.3, -0.25) is 4.79 Å². The highest BCUT2D eigenvalue weighted by Crippen LogP contribution is 1.85. The number of carbonyl (C=O) groups is 1. The molecule has 0 saturated carbocycles. The predicted octanol–water partition coefficient (Wildman–Crippen LogP) is -1.60. The third-order valence-corrected chi connectivity index (χ3v) is 0.805. The Morgan fingerprint density at radius 1 is 1.67 bits per heavy atom. The van der Waals surface area contributed by atoms with E-state index in [0.717, 1.165) is 0 Å². The molecule has 0 saturated heterocycles. The summed E-state index contributed by atoms with van der Waals surface area (Å²) in [6.45, 7) is 1.33. The van der Waals surface area contributed by atoms with E-state index in [1.165, 1.54) is 6.92 Å². The maximum absolute atomic E-state index is 9.86. The largest absolute Gasteiger partial charge is 0.480 e. The second-order valence-corrected chi connectivity index (χ2v) is 1.60. The Morgan fingerprint density at radius 3 is 2.00 bits per heavy atom. The van der Waals surface area contributed by atoms with Crippen LogP contribution in [0.3, 0.4) is 0 Å². The van der Waals surface area contributed by atoms with E-state index in [1.807, 2.05) is 0 Å². The van der Waals surface area contributed by atoms with Crippen molar-refractivity contribution < 1.29 is 15.0 Å². The Balaban J connectivity index is 0. The summed E-state index contributed by atoms with van der Waals surface area (Å²) in [5.41, 5.74) is 4.91. The van der Waals surface area contributed by atoms with E-state index in [-0.39, 0.29) is 8.41 Å². The van der Waals surface area contributed by atoms with Crippen LogP contribution in [0.15, 0.2) is 0 Å². The molecule has 51 valence electrons. The van der Waals surface area contributed by atoms with Gasteiger partial charge >= 0.3 is 5.97 Å². The van der Waals surface area contributed by atoms with Crippen molar-refractivity contribution in [1.29, 1.82) is 0 Å². The minimum Gasteiger partial charge on any atom is -0.480 e. The highest BCUT2D eigenvalue weighted by atomic mass is 16.4. The lowest BCUT2D eigenvalue weighted by atomic mass is 10.2. The Morgan fingerprint density at radius 2 is 2.00 bits per heavy atom. The molecule has 0 aliphatic carbocycles. The van der Waals surface area contributed by atoms with E-state index in [0.29, 0.717) is 0 Å². The molecule has 5 heteroatoms. The molecule has 0 unspecified atom stereocenters. The summed E-state index contributed by atoms with van der Waals surface area (Å²) >= 11 is 0. The van der Waals surface area contributed by atoms with Crippen molar-refractivity contribution in [2.45, 2.75) is 19.1 Å². The maximum atomic E-state index is 9.86. The van der Waals surface area contributed by atoms with E-state index >= 15 is 0 Å². The molecule has 2 atom stereocenters. The fraction of sp³-hybridized carbons (Fsp3) is 0.750. The topological polar surface area (TPSA) is 83.5 Å². The summed E-state index contributed by atoms with van der Waals surface area (Å²) in [6, 6.07) is -1.16. The number of rotatable bonds is 2. The Hall–Kier alpha value is -0.545. The second kappa shape index (κ2) is 4.35. The quantitative estimate of drug-likeness (QED) is 0.393. The van der Waals surface area contributed by atoms with E-state index < -0.39 is 18.1 Å². The van der Waals surface area contributed by atoms with Crippen LogP contribution in [0.5, 0.6) is 0 Å². The van der Waals surface area contributed by atoms with Crippen molar-refractivity contribution in [3.8, 4) is 0 Å². The number of hydrogen-bond donors (Lipinski definition) is 3. The number of nitrogens with two attached hydrogens (primary N) is 1. The molecule has 0 rings (SSSR count). The number of aliphatic hydroxyl groups excluding tert-OH is 1. The molecule has 0 spiro atoms. The van der Waals surface area contributed by atoms with Gasteiger partial charge in [0.15, 0.2) is 0 Å². The summed E-state index contributed by atoms with van der Waals surface area (Å²) < 4.78 is 0. The number of aliphatic carboxylic acids is 1. The van der Waals surface area contributed by atoms with Crippen LogP contribution in [-0.2, 0) is 4.79 Å². The van der Waals surface area contributed by atoms with E-state index in [9.17, 15) is 4.79 Å². The Kier molecular flexibility index (Phi) is 5.44. The molecule has 0 aliphatic heterocycles. The zero-order valence-electron chi connectivity index (χ0n) is 5.11. The zero-order valence-corrected chi connectivity index (χ0v) is 5.11. The molecule has 0 aromatic heterocycles. The first-order valence-corrected chi connectivity index (χ1v) is 2.22. The normalized spacial score (nSPS) is 15.4. The summed E-state index contributed by atoms with van der Waals surface area (Å²) in [7, 11) is 0. The van der Waals surface area contributed by atoms with Crippen LogP contribution in [0, 0.1) is 0 Å². The Labute approximate surface area is 55.2 Å². The van der Waals surface area contributed by atoms with Crippen molar-refractivity contribution in [1.82, 2.24) is 0 Å². The van der Waals surface area contributed by atoms with Gasteiger partial charge in [0.2, 0.25) is 0 Å². The van der Waals surface area contributed by atoms with Gasteiger partial charge in [-0.15, -0.1) is 0 Å². The van der Waals surface area contributed by atoms with Crippen LogP contribution in [0.4, 0.5) is 0 Å². The molecule has 4 nitrogen and oxygen atoms in total. The highest BCUT2D eigenvalue weighted by Gasteiger charge is 2.16. The molecule has 0 heterocycles. The lowest BCUT2D eigenvalue weighted by molar-refractivity contribution is -0.140. The number of aliphatic hydroxyl groups is 1. The fourth-order valence-electron chi connectivity index (χ4n) is 0.206. The first-order chi connectivity index (χ1) is 3.55. The molecule has 0 bridgehead atoms. The molecule has 0 fully saturated rings. The summed E-state index contributed by atoms with van der Waals surface area (Å²) in [4.78, 5) is 9.86. The standard InChI is InChI=1S/C4H9NO3.B/c1-2(6)3(5)4(7)8;/h2-3,6H,5H2,1H3,(H,7,8);/t2-,3+;/m1./s1. The van der Waals surface area contributed by atoms with E-state index in [4.69, 9.17) is 15.9 Å². The molecule has 3 radical (unpaired) electrons. The third-order valence-electron chi connectivity index (χ3n) is 0.805. The van der Waals surface area contributed by atoms with E-state index in [2.05, 4.69) is 0 Å². The van der Waals surface area contributed by atoms with Crippen molar-refractivity contribution in [2.75, 3.05) is 0 Å². The van der Waals surface area contributed by atoms with Gasteiger partial charge in [-0.25, -0.2) is 0 Å². The molecule has 0 aliphatic rings. The number of carboxylic acid groups (broad SMARTS) is 1. The first kappa shape index (κ1) is 11.3. The van der Waals surface area contributed by atoms with Crippen LogP contribution < -0.4 is 5.73 Å². The van der Waals surface area contributed by atoms with Gasteiger partial charge in [-0.2, -0.15) is 0 Å². The van der Waals surface area contributed by atoms with Crippen molar-refractivity contribution in [3.05, 3.63) is 0 Å². The molecule has 0 amide bonds. The second-order valence-electron chi connectivity index (χ2n) is 1.60. The zero-order chi connectivity index (χ0) is 6.73. The maximum Gasteiger partial charge on any atom is 0.323 e. The SMILES string of the molecule is C[C@@H](O)[C@H](N)C(=O)O.[B]. The first-order valence-electron chi connectivity index (χ1n) is 2.22. The molecule has 9 heavy (non-hydrogen) atoms. The van der Waals surface area contributed by atoms with Crippen molar-refractivity contribution in [3.63, 3.8) is 0 Å². The van der Waals surface area contributed by atoms with E-state index in [1.54, 1.807) is 0 Å². The number of carboxylic acids is 1. The molecule has 0 aromatic rings. The van der Waals surface area contributed by atoms with Crippen LogP contribution >= 0.6 is 0 Å². The summed E-state index contributed by atoms with van der Waals surface area (Å²) in [5, 5.41) is 16.6. The van der Waals surface area contributed by atoms with Crippen LogP contribution in [0.25, 0.3) is 0 Å². The van der Waals surface area contributed by atoms with Crippen molar-refractivity contribution >= 4 is 14.4 Å². The fourth-order valence-corrected chi connectivity index (χ4v) is 0.206. The number of hydrogen-bond acceptors (Lipinski definition) is 3. The molecule has 0 aromatic carbocycles. The van der Waals surface area contributed by atoms with Gasteiger partial charge in [0.05, 0.1) is 6.10 Å². The van der Waals surface area contributed by atoms with Crippen LogP contribution in [0.1, 0.15) is 6.92 Å². The van der Waals surface area contributed by atoms with Gasteiger partial charge in [0.1, 0.15) is 6.04 Å². The highest BCUT2D eigenvalue weighted by molar-refractivity contribution is 5.75. The monoisotopic (exact) mass is 130 g/mol. The lowest BCUT2D eigenvalue weighted by Crippen LogP contribution is -2.39. The molecule has 4 N–H and O–H groups in total. The minimum absolute atomic E-state index is 0. The third kappa shape index (κ3) is 3.99. The van der Waals surface area contributed by atoms with Gasteiger partial charge < -0.3 is 15.9 Å².